The molecular weight excluding hydrogens is 264 g/mol. The molecule has 1 rings (SSSR count). The Balaban J connectivity index is 2.50. The quantitative estimate of drug-likeness (QED) is 0.690. The summed E-state index contributed by atoms with van der Waals surface area (Å²) < 4.78 is 0. The molecule has 0 fully saturated rings. The first-order chi connectivity index (χ1) is 9.80. The number of anilines is 1. The van der Waals surface area contributed by atoms with Crippen molar-refractivity contribution >= 4 is 11.6 Å². The molecule has 1 unspecified atom stereocenters. The predicted molar refractivity (Wildman–Crippen MR) is 87.1 cm³/mol. The van der Waals surface area contributed by atoms with Crippen LogP contribution in [0.4, 0.5) is 5.69 Å². The minimum Gasteiger partial charge on any atom is -0.389 e. The van der Waals surface area contributed by atoms with Gasteiger partial charge < -0.3 is 15.7 Å². The van der Waals surface area contributed by atoms with Crippen molar-refractivity contribution in [3.05, 3.63) is 29.8 Å². The van der Waals surface area contributed by atoms with Crippen LogP contribution in [0.3, 0.4) is 0 Å². The highest BCUT2D eigenvalue weighted by Crippen LogP contribution is 2.17. The number of rotatable bonds is 8. The summed E-state index contributed by atoms with van der Waals surface area (Å²) >= 11 is 0. The van der Waals surface area contributed by atoms with E-state index >= 15 is 0 Å². The van der Waals surface area contributed by atoms with E-state index < -0.39 is 5.60 Å². The second kappa shape index (κ2) is 8.15. The van der Waals surface area contributed by atoms with Crippen molar-refractivity contribution in [1.29, 1.82) is 0 Å². The van der Waals surface area contributed by atoms with E-state index in [0.717, 1.165) is 24.1 Å². The van der Waals surface area contributed by atoms with E-state index in [1.165, 1.54) is 6.92 Å². The molecular formula is C17H28N2O2. The molecule has 0 saturated carbocycles. The molecule has 4 heteroatoms. The number of amides is 1. The van der Waals surface area contributed by atoms with Gasteiger partial charge in [-0.2, -0.15) is 0 Å². The SMILES string of the molecule is CC(=O)Nc1ccccc1CNCC(C)(O)CCC(C)C. The van der Waals surface area contributed by atoms with E-state index in [0.29, 0.717) is 19.0 Å². The van der Waals surface area contributed by atoms with Gasteiger partial charge in [-0.3, -0.25) is 4.79 Å². The second-order valence-corrected chi connectivity index (χ2v) is 6.37. The Morgan fingerprint density at radius 3 is 2.62 bits per heavy atom. The molecule has 0 aromatic heterocycles. The van der Waals surface area contributed by atoms with Crippen LogP contribution in [0.5, 0.6) is 0 Å². The normalized spacial score (nSPS) is 14.0. The number of nitrogens with one attached hydrogen (secondary N) is 2. The van der Waals surface area contributed by atoms with Crippen LogP contribution in [0.25, 0.3) is 0 Å². The maximum Gasteiger partial charge on any atom is 0.221 e. The third-order valence-electron chi connectivity index (χ3n) is 3.41. The number of carbonyl (C=O) groups excluding carboxylic acids is 1. The van der Waals surface area contributed by atoms with Crippen molar-refractivity contribution in [1.82, 2.24) is 5.32 Å². The second-order valence-electron chi connectivity index (χ2n) is 6.37. The van der Waals surface area contributed by atoms with Crippen LogP contribution in [-0.4, -0.2) is 23.2 Å². The Bertz CT molecular complexity index is 456. The zero-order valence-corrected chi connectivity index (χ0v) is 13.6. The zero-order valence-electron chi connectivity index (χ0n) is 13.6. The molecule has 0 spiro atoms. The lowest BCUT2D eigenvalue weighted by Gasteiger charge is -2.25. The average Bonchev–Trinajstić information content (AvgIpc) is 2.38. The molecule has 0 aliphatic carbocycles. The van der Waals surface area contributed by atoms with Gasteiger partial charge in [-0.25, -0.2) is 0 Å². The van der Waals surface area contributed by atoms with E-state index in [1.807, 2.05) is 31.2 Å². The van der Waals surface area contributed by atoms with Gasteiger partial charge in [-0.05, 0) is 37.3 Å². The third kappa shape index (κ3) is 7.25. The Morgan fingerprint density at radius 2 is 2.00 bits per heavy atom. The van der Waals surface area contributed by atoms with Gasteiger partial charge in [0.2, 0.25) is 5.91 Å². The topological polar surface area (TPSA) is 61.4 Å². The van der Waals surface area contributed by atoms with Crippen LogP contribution < -0.4 is 10.6 Å². The molecule has 118 valence electrons. The van der Waals surface area contributed by atoms with Gasteiger partial charge in [0, 0.05) is 25.7 Å². The summed E-state index contributed by atoms with van der Waals surface area (Å²) in [7, 11) is 0. The minimum absolute atomic E-state index is 0.0774. The van der Waals surface area contributed by atoms with Crippen LogP contribution in [0.1, 0.15) is 46.1 Å². The lowest BCUT2D eigenvalue weighted by Crippen LogP contribution is -2.37. The maximum absolute atomic E-state index is 11.2. The Morgan fingerprint density at radius 1 is 1.33 bits per heavy atom. The molecule has 21 heavy (non-hydrogen) atoms. The van der Waals surface area contributed by atoms with Gasteiger partial charge in [-0.1, -0.05) is 32.0 Å². The standard InChI is InChI=1S/C17H28N2O2/c1-13(2)9-10-17(4,21)12-18-11-15-7-5-6-8-16(15)19-14(3)20/h5-8,13,18,21H,9-12H2,1-4H3,(H,19,20). The summed E-state index contributed by atoms with van der Waals surface area (Å²) in [6, 6.07) is 7.70. The van der Waals surface area contributed by atoms with Gasteiger partial charge >= 0.3 is 0 Å². The van der Waals surface area contributed by atoms with E-state index in [4.69, 9.17) is 0 Å². The van der Waals surface area contributed by atoms with E-state index in [2.05, 4.69) is 24.5 Å². The summed E-state index contributed by atoms with van der Waals surface area (Å²) in [6.07, 6.45) is 1.79. The van der Waals surface area contributed by atoms with Crippen molar-refractivity contribution < 1.29 is 9.90 Å². The molecule has 0 saturated heterocycles. The summed E-state index contributed by atoms with van der Waals surface area (Å²) in [4.78, 5) is 11.2. The van der Waals surface area contributed by atoms with E-state index in [1.54, 1.807) is 0 Å². The number of aliphatic hydroxyl groups is 1. The molecule has 1 aromatic rings. The number of hydrogen-bond acceptors (Lipinski definition) is 3. The van der Waals surface area contributed by atoms with Gasteiger partial charge in [0.25, 0.3) is 0 Å². The Hall–Kier alpha value is -1.39. The molecule has 3 N–H and O–H groups in total. The third-order valence-corrected chi connectivity index (χ3v) is 3.41. The highest BCUT2D eigenvalue weighted by Gasteiger charge is 2.20. The summed E-state index contributed by atoms with van der Waals surface area (Å²) in [5, 5.41) is 16.4. The first-order valence-corrected chi connectivity index (χ1v) is 7.59. The van der Waals surface area contributed by atoms with Gasteiger partial charge in [-0.15, -0.1) is 0 Å². The molecule has 1 amide bonds. The Kier molecular flexibility index (Phi) is 6.85. The van der Waals surface area contributed by atoms with Crippen LogP contribution in [0, 0.1) is 5.92 Å². The van der Waals surface area contributed by atoms with Crippen molar-refractivity contribution in [2.24, 2.45) is 5.92 Å². The Labute approximate surface area is 128 Å². The van der Waals surface area contributed by atoms with Crippen molar-refractivity contribution in [3.8, 4) is 0 Å². The highest BCUT2D eigenvalue weighted by atomic mass is 16.3. The number of hydrogen-bond donors (Lipinski definition) is 3. The van der Waals surface area contributed by atoms with Gasteiger partial charge in [0.05, 0.1) is 5.60 Å². The average molecular weight is 292 g/mol. The fourth-order valence-corrected chi connectivity index (χ4v) is 2.14. The van der Waals surface area contributed by atoms with Crippen molar-refractivity contribution in [3.63, 3.8) is 0 Å². The molecule has 0 heterocycles. The molecule has 0 aliphatic rings. The molecule has 4 nitrogen and oxygen atoms in total. The van der Waals surface area contributed by atoms with Gasteiger partial charge in [0.15, 0.2) is 0 Å². The fraction of sp³-hybridized carbons (Fsp3) is 0.588. The first kappa shape index (κ1) is 17.7. The lowest BCUT2D eigenvalue weighted by atomic mass is 9.95. The smallest absolute Gasteiger partial charge is 0.221 e. The van der Waals surface area contributed by atoms with Crippen LogP contribution >= 0.6 is 0 Å². The minimum atomic E-state index is -0.701. The van der Waals surface area contributed by atoms with E-state index in [-0.39, 0.29) is 5.91 Å². The largest absolute Gasteiger partial charge is 0.389 e. The number of benzene rings is 1. The highest BCUT2D eigenvalue weighted by molar-refractivity contribution is 5.89. The van der Waals surface area contributed by atoms with E-state index in [9.17, 15) is 9.90 Å². The predicted octanol–water partition coefficient (Wildman–Crippen LogP) is 2.92. The van der Waals surface area contributed by atoms with Crippen LogP contribution in [0.15, 0.2) is 24.3 Å². The molecule has 0 radical (unpaired) electrons. The lowest BCUT2D eigenvalue weighted by molar-refractivity contribution is -0.114. The fourth-order valence-electron chi connectivity index (χ4n) is 2.14. The first-order valence-electron chi connectivity index (χ1n) is 7.59. The molecule has 0 bridgehead atoms. The summed E-state index contributed by atoms with van der Waals surface area (Å²) in [5.74, 6) is 0.517. The number of carbonyl (C=O) groups is 1. The van der Waals surface area contributed by atoms with Crippen LogP contribution in [0.2, 0.25) is 0 Å². The molecule has 0 aliphatic heterocycles. The maximum atomic E-state index is 11.2. The molecule has 1 aromatic carbocycles. The zero-order chi connectivity index (χ0) is 15.9. The summed E-state index contributed by atoms with van der Waals surface area (Å²) in [5.41, 5.74) is 1.14. The van der Waals surface area contributed by atoms with Gasteiger partial charge in [0.1, 0.15) is 0 Å². The monoisotopic (exact) mass is 292 g/mol. The molecule has 1 atom stereocenters. The number of para-hydroxylation sites is 1. The van der Waals surface area contributed by atoms with Crippen molar-refractivity contribution in [2.75, 3.05) is 11.9 Å². The summed E-state index contributed by atoms with van der Waals surface area (Å²) in [6.45, 7) is 8.84. The van der Waals surface area contributed by atoms with Crippen molar-refractivity contribution in [2.45, 2.75) is 52.7 Å². The van der Waals surface area contributed by atoms with Crippen LogP contribution in [-0.2, 0) is 11.3 Å².